The summed E-state index contributed by atoms with van der Waals surface area (Å²) in [6.45, 7) is 4.26. The van der Waals surface area contributed by atoms with Gasteiger partial charge in [-0.2, -0.15) is 0 Å². The Morgan fingerprint density at radius 1 is 1.17 bits per heavy atom. The van der Waals surface area contributed by atoms with Gasteiger partial charge < -0.3 is 10.5 Å². The molecule has 0 aromatic heterocycles. The number of rotatable bonds is 2. The first-order valence-electron chi connectivity index (χ1n) is 7.49. The molecule has 0 aliphatic heterocycles. The van der Waals surface area contributed by atoms with E-state index < -0.39 is 5.41 Å². The van der Waals surface area contributed by atoms with E-state index in [2.05, 4.69) is 6.92 Å². The molecule has 2 atom stereocenters. The van der Waals surface area contributed by atoms with Crippen molar-refractivity contribution in [3.05, 3.63) is 0 Å². The Hall–Kier alpha value is -0.570. The van der Waals surface area contributed by atoms with Crippen LogP contribution in [0.15, 0.2) is 0 Å². The minimum Gasteiger partial charge on any atom is -0.462 e. The highest BCUT2D eigenvalue weighted by atomic mass is 16.5. The SMILES string of the molecule is CC1CCC(OC(=O)C2(C)CCCCC2N)CC1. The maximum absolute atomic E-state index is 12.4. The van der Waals surface area contributed by atoms with Crippen LogP contribution in [0.25, 0.3) is 0 Å². The summed E-state index contributed by atoms with van der Waals surface area (Å²) in [5, 5.41) is 0. The Morgan fingerprint density at radius 2 is 1.83 bits per heavy atom. The average molecular weight is 253 g/mol. The van der Waals surface area contributed by atoms with Crippen molar-refractivity contribution in [3.63, 3.8) is 0 Å². The summed E-state index contributed by atoms with van der Waals surface area (Å²) in [7, 11) is 0. The van der Waals surface area contributed by atoms with Crippen molar-refractivity contribution < 1.29 is 9.53 Å². The Bertz CT molecular complexity index is 297. The molecular weight excluding hydrogens is 226 g/mol. The summed E-state index contributed by atoms with van der Waals surface area (Å²) in [4.78, 5) is 12.4. The Labute approximate surface area is 110 Å². The lowest BCUT2D eigenvalue weighted by Crippen LogP contribution is -2.49. The van der Waals surface area contributed by atoms with E-state index in [1.807, 2.05) is 6.92 Å². The molecule has 104 valence electrons. The van der Waals surface area contributed by atoms with Gasteiger partial charge in [-0.3, -0.25) is 4.79 Å². The smallest absolute Gasteiger partial charge is 0.313 e. The molecule has 0 radical (unpaired) electrons. The fourth-order valence-corrected chi connectivity index (χ4v) is 3.25. The van der Waals surface area contributed by atoms with Gasteiger partial charge >= 0.3 is 5.97 Å². The van der Waals surface area contributed by atoms with Crippen LogP contribution in [0.1, 0.15) is 65.2 Å². The second-order valence-electron chi connectivity index (χ2n) is 6.56. The maximum atomic E-state index is 12.4. The number of carbonyl (C=O) groups excluding carboxylic acids is 1. The van der Waals surface area contributed by atoms with Crippen LogP contribution >= 0.6 is 0 Å². The monoisotopic (exact) mass is 253 g/mol. The molecule has 2 saturated carbocycles. The normalized spacial score (nSPS) is 41.4. The molecule has 2 aliphatic carbocycles. The van der Waals surface area contributed by atoms with E-state index in [4.69, 9.17) is 10.5 Å². The fraction of sp³-hybridized carbons (Fsp3) is 0.933. The molecule has 2 N–H and O–H groups in total. The molecular formula is C15H27NO2. The second kappa shape index (κ2) is 5.60. The fourth-order valence-electron chi connectivity index (χ4n) is 3.25. The van der Waals surface area contributed by atoms with E-state index in [1.165, 1.54) is 12.8 Å². The Morgan fingerprint density at radius 3 is 2.44 bits per heavy atom. The van der Waals surface area contributed by atoms with Crippen LogP contribution in [-0.4, -0.2) is 18.1 Å². The van der Waals surface area contributed by atoms with Crippen LogP contribution < -0.4 is 5.73 Å². The molecule has 2 unspecified atom stereocenters. The molecule has 3 nitrogen and oxygen atoms in total. The van der Waals surface area contributed by atoms with Crippen molar-refractivity contribution in [1.82, 2.24) is 0 Å². The largest absolute Gasteiger partial charge is 0.462 e. The van der Waals surface area contributed by atoms with Crippen molar-refractivity contribution in [1.29, 1.82) is 0 Å². The van der Waals surface area contributed by atoms with Gasteiger partial charge in [0.2, 0.25) is 0 Å². The van der Waals surface area contributed by atoms with Gasteiger partial charge in [0.15, 0.2) is 0 Å². The van der Waals surface area contributed by atoms with Crippen LogP contribution in [0.3, 0.4) is 0 Å². The minimum atomic E-state index is -0.443. The summed E-state index contributed by atoms with van der Waals surface area (Å²) in [6.07, 6.45) is 8.63. The quantitative estimate of drug-likeness (QED) is 0.770. The highest BCUT2D eigenvalue weighted by molar-refractivity contribution is 5.77. The van der Waals surface area contributed by atoms with Gasteiger partial charge in [0.25, 0.3) is 0 Å². The van der Waals surface area contributed by atoms with Crippen molar-refractivity contribution in [2.45, 2.75) is 77.4 Å². The van der Waals surface area contributed by atoms with Gasteiger partial charge in [0.05, 0.1) is 5.41 Å². The number of carbonyl (C=O) groups is 1. The summed E-state index contributed by atoms with van der Waals surface area (Å²) in [5.74, 6) is 0.738. The van der Waals surface area contributed by atoms with Crippen molar-refractivity contribution >= 4 is 5.97 Å². The standard InChI is InChI=1S/C15H27NO2/c1-11-6-8-12(9-7-11)18-14(17)15(2)10-4-3-5-13(15)16/h11-13H,3-10,16H2,1-2H3. The Balaban J connectivity index is 1.90. The molecule has 0 aromatic rings. The summed E-state index contributed by atoms with van der Waals surface area (Å²) in [5.41, 5.74) is 5.70. The highest BCUT2D eigenvalue weighted by Gasteiger charge is 2.43. The summed E-state index contributed by atoms with van der Waals surface area (Å²) >= 11 is 0. The minimum absolute atomic E-state index is 0.0266. The van der Waals surface area contributed by atoms with Crippen molar-refractivity contribution in [2.75, 3.05) is 0 Å². The van der Waals surface area contributed by atoms with E-state index in [9.17, 15) is 4.79 Å². The van der Waals surface area contributed by atoms with E-state index in [0.717, 1.165) is 44.4 Å². The topological polar surface area (TPSA) is 52.3 Å². The van der Waals surface area contributed by atoms with Crippen LogP contribution in [0.5, 0.6) is 0 Å². The van der Waals surface area contributed by atoms with E-state index in [1.54, 1.807) is 0 Å². The van der Waals surface area contributed by atoms with Gasteiger partial charge in [-0.1, -0.05) is 19.8 Å². The number of nitrogens with two attached hydrogens (primary N) is 1. The summed E-state index contributed by atoms with van der Waals surface area (Å²) in [6, 6.07) is -0.0266. The summed E-state index contributed by atoms with van der Waals surface area (Å²) < 4.78 is 5.73. The molecule has 0 saturated heterocycles. The first kappa shape index (κ1) is 13.9. The van der Waals surface area contributed by atoms with Gasteiger partial charge in [0, 0.05) is 6.04 Å². The molecule has 3 heteroatoms. The lowest BCUT2D eigenvalue weighted by atomic mass is 9.72. The molecule has 2 aliphatic rings. The first-order chi connectivity index (χ1) is 8.52. The van der Waals surface area contributed by atoms with E-state index in [-0.39, 0.29) is 18.1 Å². The van der Waals surface area contributed by atoms with Crippen LogP contribution in [0.2, 0.25) is 0 Å². The maximum Gasteiger partial charge on any atom is 0.313 e. The molecule has 2 rings (SSSR count). The third-order valence-electron chi connectivity index (χ3n) is 4.98. The van der Waals surface area contributed by atoms with Crippen LogP contribution in [0.4, 0.5) is 0 Å². The predicted molar refractivity (Wildman–Crippen MR) is 72.1 cm³/mol. The zero-order chi connectivity index (χ0) is 13.2. The number of ether oxygens (including phenoxy) is 1. The third kappa shape index (κ3) is 2.87. The van der Waals surface area contributed by atoms with E-state index >= 15 is 0 Å². The van der Waals surface area contributed by atoms with Crippen molar-refractivity contribution in [2.24, 2.45) is 17.1 Å². The molecule has 0 bridgehead atoms. The predicted octanol–water partition coefficient (Wildman–Crippen LogP) is 3.02. The molecule has 0 spiro atoms. The lowest BCUT2D eigenvalue weighted by molar-refractivity contribution is -0.165. The molecule has 2 fully saturated rings. The van der Waals surface area contributed by atoms with Gasteiger partial charge in [-0.05, 0) is 51.4 Å². The van der Waals surface area contributed by atoms with E-state index in [0.29, 0.717) is 0 Å². The second-order valence-corrected chi connectivity index (χ2v) is 6.56. The number of hydrogen-bond acceptors (Lipinski definition) is 3. The zero-order valence-electron chi connectivity index (χ0n) is 11.8. The first-order valence-corrected chi connectivity index (χ1v) is 7.49. The molecule has 18 heavy (non-hydrogen) atoms. The Kier molecular flexibility index (Phi) is 4.31. The highest BCUT2D eigenvalue weighted by Crippen LogP contribution is 2.37. The van der Waals surface area contributed by atoms with Gasteiger partial charge in [0.1, 0.15) is 6.10 Å². The average Bonchev–Trinajstić information content (AvgIpc) is 2.36. The zero-order valence-corrected chi connectivity index (χ0v) is 11.8. The van der Waals surface area contributed by atoms with Crippen molar-refractivity contribution in [3.8, 4) is 0 Å². The number of hydrogen-bond donors (Lipinski definition) is 1. The van der Waals surface area contributed by atoms with Gasteiger partial charge in [-0.25, -0.2) is 0 Å². The van der Waals surface area contributed by atoms with Gasteiger partial charge in [-0.15, -0.1) is 0 Å². The van der Waals surface area contributed by atoms with Crippen LogP contribution in [0, 0.1) is 11.3 Å². The lowest BCUT2D eigenvalue weighted by Gasteiger charge is -2.38. The molecule has 0 amide bonds. The van der Waals surface area contributed by atoms with Crippen LogP contribution in [-0.2, 0) is 9.53 Å². The molecule has 0 heterocycles. The molecule has 0 aromatic carbocycles. The number of esters is 1. The third-order valence-corrected chi connectivity index (χ3v) is 4.98.